The van der Waals surface area contributed by atoms with Crippen LogP contribution in [0.5, 0.6) is 5.75 Å². The molecule has 0 radical (unpaired) electrons. The lowest BCUT2D eigenvalue weighted by Gasteiger charge is -2.39. The van der Waals surface area contributed by atoms with E-state index in [1.165, 1.54) is 4.90 Å². The Labute approximate surface area is 179 Å². The topological polar surface area (TPSA) is 74.9 Å². The van der Waals surface area contributed by atoms with Crippen LogP contribution < -0.4 is 9.64 Å². The van der Waals surface area contributed by atoms with Crippen LogP contribution in [0.15, 0.2) is 84.0 Å². The van der Waals surface area contributed by atoms with Gasteiger partial charge in [0.2, 0.25) is 0 Å². The summed E-state index contributed by atoms with van der Waals surface area (Å²) in [4.78, 5) is 20.7. The lowest BCUT2D eigenvalue weighted by molar-refractivity contribution is 0.0596. The van der Waals surface area contributed by atoms with Gasteiger partial charge in [0, 0.05) is 16.8 Å². The molecule has 6 heteroatoms. The van der Waals surface area contributed by atoms with Crippen molar-refractivity contribution in [1.29, 1.82) is 5.26 Å². The zero-order valence-corrected chi connectivity index (χ0v) is 16.8. The second kappa shape index (κ2) is 7.62. The van der Waals surface area contributed by atoms with Crippen LogP contribution in [-0.4, -0.2) is 30.9 Å². The number of amides is 1. The molecule has 31 heavy (non-hydrogen) atoms. The number of para-hydroxylation sites is 1. The zero-order chi connectivity index (χ0) is 21.4. The molecule has 0 fully saturated rings. The van der Waals surface area contributed by atoms with E-state index in [1.807, 2.05) is 66.7 Å². The highest BCUT2D eigenvalue weighted by molar-refractivity contribution is 6.12. The molecule has 0 saturated heterocycles. The molecular formula is C25H19N3O3. The maximum atomic E-state index is 13.4. The van der Waals surface area contributed by atoms with Crippen LogP contribution in [0.3, 0.4) is 0 Å². The van der Waals surface area contributed by atoms with Gasteiger partial charge in [0.25, 0.3) is 5.91 Å². The number of hydrogen-bond donors (Lipinski definition) is 0. The third kappa shape index (κ3) is 3.03. The maximum absolute atomic E-state index is 13.4. The fraction of sp³-hybridized carbons (Fsp3) is 0.160. The fourth-order valence-electron chi connectivity index (χ4n) is 4.30. The van der Waals surface area contributed by atoms with Crippen molar-refractivity contribution in [3.8, 4) is 11.8 Å². The summed E-state index contributed by atoms with van der Waals surface area (Å²) < 4.78 is 5.25. The van der Waals surface area contributed by atoms with Gasteiger partial charge in [-0.1, -0.05) is 41.6 Å². The Hall–Kier alpha value is -4.11. The van der Waals surface area contributed by atoms with E-state index in [4.69, 9.17) is 9.57 Å². The van der Waals surface area contributed by atoms with E-state index >= 15 is 0 Å². The molecule has 1 amide bonds. The Morgan fingerprint density at radius 1 is 1.03 bits per heavy atom. The third-order valence-corrected chi connectivity index (χ3v) is 5.77. The van der Waals surface area contributed by atoms with Gasteiger partial charge in [-0.05, 0) is 48.0 Å². The predicted molar refractivity (Wildman–Crippen MR) is 116 cm³/mol. The molecule has 6 nitrogen and oxygen atoms in total. The molecule has 152 valence electrons. The first-order valence-corrected chi connectivity index (χ1v) is 9.98. The average Bonchev–Trinajstić information content (AvgIpc) is 3.28. The summed E-state index contributed by atoms with van der Waals surface area (Å²) in [7, 11) is 1.62. The van der Waals surface area contributed by atoms with Crippen molar-refractivity contribution in [3.05, 3.63) is 95.6 Å². The number of methoxy groups -OCH3 is 1. The summed E-state index contributed by atoms with van der Waals surface area (Å²) in [5.74, 6) is 0.256. The Kier molecular flexibility index (Phi) is 4.64. The normalized spacial score (nSPS) is 21.2. The molecule has 2 aliphatic heterocycles. The first-order chi connectivity index (χ1) is 15.2. The van der Waals surface area contributed by atoms with Crippen LogP contribution in [0, 0.1) is 11.3 Å². The molecule has 0 unspecified atom stereocenters. The van der Waals surface area contributed by atoms with Gasteiger partial charge in [-0.3, -0.25) is 9.69 Å². The lowest BCUT2D eigenvalue weighted by Crippen LogP contribution is -2.52. The first kappa shape index (κ1) is 18.9. The minimum absolute atomic E-state index is 0.237. The van der Waals surface area contributed by atoms with Crippen molar-refractivity contribution >= 4 is 17.3 Å². The Balaban J connectivity index is 1.61. The van der Waals surface area contributed by atoms with E-state index in [1.54, 1.807) is 19.2 Å². The monoisotopic (exact) mass is 409 g/mol. The van der Waals surface area contributed by atoms with Gasteiger partial charge >= 0.3 is 0 Å². The predicted octanol–water partition coefficient (Wildman–Crippen LogP) is 4.13. The fourth-order valence-corrected chi connectivity index (χ4v) is 4.30. The van der Waals surface area contributed by atoms with Crippen molar-refractivity contribution in [3.63, 3.8) is 0 Å². The average molecular weight is 409 g/mol. The SMILES string of the molecule is COc1ccc(C2=NO[C@@H]3[C@@H](C#N)N(C(=O)c4ccccc4)c4ccccc4[C@H]23)cc1. The number of nitriles is 1. The number of hydrogen-bond acceptors (Lipinski definition) is 5. The number of benzene rings is 3. The molecule has 2 heterocycles. The van der Waals surface area contributed by atoms with Gasteiger partial charge in [-0.25, -0.2) is 0 Å². The van der Waals surface area contributed by atoms with Crippen molar-refractivity contribution in [1.82, 2.24) is 0 Å². The largest absolute Gasteiger partial charge is 0.497 e. The van der Waals surface area contributed by atoms with Gasteiger partial charge in [-0.15, -0.1) is 0 Å². The standard InChI is InChI=1S/C25H19N3O3/c1-30-18-13-11-16(12-14-18)23-22-19-9-5-6-10-20(19)28(21(15-26)24(22)31-27-23)25(29)17-7-3-2-4-8-17/h2-14,21-22,24H,1H3/t21-,22-,24-/m1/s1. The highest BCUT2D eigenvalue weighted by atomic mass is 16.6. The third-order valence-electron chi connectivity index (χ3n) is 5.77. The molecule has 3 aromatic rings. The van der Waals surface area contributed by atoms with Gasteiger partial charge < -0.3 is 9.57 Å². The highest BCUT2D eigenvalue weighted by Crippen LogP contribution is 2.45. The van der Waals surface area contributed by atoms with E-state index in [9.17, 15) is 10.1 Å². The number of carbonyl (C=O) groups is 1. The molecule has 0 spiro atoms. The summed E-state index contributed by atoms with van der Waals surface area (Å²) in [5.41, 5.74) is 3.77. The van der Waals surface area contributed by atoms with E-state index in [0.29, 0.717) is 11.3 Å². The van der Waals surface area contributed by atoms with E-state index in [0.717, 1.165) is 22.6 Å². The van der Waals surface area contributed by atoms with Crippen molar-refractivity contribution in [2.24, 2.45) is 5.16 Å². The highest BCUT2D eigenvalue weighted by Gasteiger charge is 2.50. The zero-order valence-electron chi connectivity index (χ0n) is 16.8. The molecule has 0 N–H and O–H groups in total. The van der Waals surface area contributed by atoms with E-state index < -0.39 is 12.1 Å². The molecule has 0 bridgehead atoms. The first-order valence-electron chi connectivity index (χ1n) is 9.98. The van der Waals surface area contributed by atoms with Gasteiger partial charge in [0.1, 0.15) is 5.75 Å². The maximum Gasteiger partial charge on any atom is 0.259 e. The van der Waals surface area contributed by atoms with Crippen LogP contribution in [0.2, 0.25) is 0 Å². The molecular weight excluding hydrogens is 390 g/mol. The number of anilines is 1. The minimum Gasteiger partial charge on any atom is -0.497 e. The lowest BCUT2D eigenvalue weighted by atomic mass is 9.78. The van der Waals surface area contributed by atoms with Crippen molar-refractivity contribution < 1.29 is 14.4 Å². The smallest absolute Gasteiger partial charge is 0.259 e. The summed E-state index contributed by atoms with van der Waals surface area (Å²) in [6, 6.07) is 25.7. The minimum atomic E-state index is -0.813. The summed E-state index contributed by atoms with van der Waals surface area (Å²) in [6.07, 6.45) is -0.593. The number of ether oxygens (including phenoxy) is 1. The number of fused-ring (bicyclic) bond motifs is 3. The summed E-state index contributed by atoms with van der Waals surface area (Å²) >= 11 is 0. The van der Waals surface area contributed by atoms with Crippen molar-refractivity contribution in [2.45, 2.75) is 18.1 Å². The van der Waals surface area contributed by atoms with Gasteiger partial charge in [0.15, 0.2) is 12.1 Å². The Morgan fingerprint density at radius 2 is 1.74 bits per heavy atom. The van der Waals surface area contributed by atoms with Crippen LogP contribution in [-0.2, 0) is 4.84 Å². The van der Waals surface area contributed by atoms with Crippen LogP contribution in [0.25, 0.3) is 0 Å². The second-order valence-corrected chi connectivity index (χ2v) is 7.43. The van der Waals surface area contributed by atoms with Crippen molar-refractivity contribution in [2.75, 3.05) is 12.0 Å². The Morgan fingerprint density at radius 3 is 2.45 bits per heavy atom. The molecule has 3 atom stereocenters. The summed E-state index contributed by atoms with van der Waals surface area (Å²) in [6.45, 7) is 0. The molecule has 2 aliphatic rings. The number of nitrogens with zero attached hydrogens (tertiary/aromatic N) is 3. The molecule has 3 aromatic carbocycles. The summed E-state index contributed by atoms with van der Waals surface area (Å²) in [5, 5.41) is 14.4. The number of oxime groups is 1. The van der Waals surface area contributed by atoms with E-state index in [-0.39, 0.29) is 11.8 Å². The van der Waals surface area contributed by atoms with Crippen LogP contribution in [0.4, 0.5) is 5.69 Å². The molecule has 0 aromatic heterocycles. The Bertz CT molecular complexity index is 1200. The van der Waals surface area contributed by atoms with Gasteiger partial charge in [0.05, 0.1) is 24.8 Å². The van der Waals surface area contributed by atoms with Crippen LogP contribution in [0.1, 0.15) is 27.4 Å². The van der Waals surface area contributed by atoms with Crippen LogP contribution >= 0.6 is 0 Å². The number of rotatable bonds is 3. The van der Waals surface area contributed by atoms with Gasteiger partial charge in [-0.2, -0.15) is 5.26 Å². The second-order valence-electron chi connectivity index (χ2n) is 7.43. The number of carbonyl (C=O) groups excluding carboxylic acids is 1. The molecule has 5 rings (SSSR count). The van der Waals surface area contributed by atoms with E-state index in [2.05, 4.69) is 11.2 Å². The molecule has 0 saturated carbocycles. The molecule has 0 aliphatic carbocycles. The quantitative estimate of drug-likeness (QED) is 0.652.